The van der Waals surface area contributed by atoms with Gasteiger partial charge in [0.2, 0.25) is 10.0 Å². The molecule has 0 aliphatic rings. The van der Waals surface area contributed by atoms with Gasteiger partial charge in [-0.2, -0.15) is 0 Å². The van der Waals surface area contributed by atoms with Crippen molar-refractivity contribution in [1.29, 1.82) is 0 Å². The van der Waals surface area contributed by atoms with E-state index in [9.17, 15) is 13.2 Å². The van der Waals surface area contributed by atoms with Gasteiger partial charge in [-0.1, -0.05) is 18.2 Å². The van der Waals surface area contributed by atoms with Crippen molar-refractivity contribution in [1.82, 2.24) is 0 Å². The maximum absolute atomic E-state index is 12.6. The number of methoxy groups -OCH3 is 1. The van der Waals surface area contributed by atoms with Crippen molar-refractivity contribution in [2.45, 2.75) is 4.90 Å². The fourth-order valence-electron chi connectivity index (χ4n) is 2.47. The van der Waals surface area contributed by atoms with Crippen LogP contribution in [0.2, 0.25) is 0 Å². The highest BCUT2D eigenvalue weighted by molar-refractivity contribution is 7.89. The number of hydrogen-bond acceptors (Lipinski definition) is 5. The third-order valence-corrected chi connectivity index (χ3v) is 4.75. The van der Waals surface area contributed by atoms with Crippen LogP contribution in [0.4, 0.5) is 5.69 Å². The summed E-state index contributed by atoms with van der Waals surface area (Å²) in [5.41, 5.74) is 0.562. The van der Waals surface area contributed by atoms with Crippen molar-refractivity contribution in [3.8, 4) is 17.2 Å². The lowest BCUT2D eigenvalue weighted by Gasteiger charge is -2.11. The fourth-order valence-corrected chi connectivity index (χ4v) is 3.01. The van der Waals surface area contributed by atoms with Crippen LogP contribution >= 0.6 is 0 Å². The van der Waals surface area contributed by atoms with Crippen LogP contribution in [0.3, 0.4) is 0 Å². The molecule has 3 aromatic rings. The summed E-state index contributed by atoms with van der Waals surface area (Å²) >= 11 is 0. The van der Waals surface area contributed by atoms with Crippen LogP contribution in [-0.4, -0.2) is 21.4 Å². The lowest BCUT2D eigenvalue weighted by Crippen LogP contribution is -2.16. The highest BCUT2D eigenvalue weighted by Crippen LogP contribution is 2.25. The summed E-state index contributed by atoms with van der Waals surface area (Å²) in [5, 5.41) is 7.83. The largest absolute Gasteiger partial charge is 0.496 e. The lowest BCUT2D eigenvalue weighted by molar-refractivity contribution is 0.102. The normalized spacial score (nSPS) is 10.9. The molecule has 3 aromatic carbocycles. The topological polar surface area (TPSA) is 108 Å². The monoisotopic (exact) mass is 398 g/mol. The number of carbonyl (C=O) groups excluding carboxylic acids is 1. The number of rotatable bonds is 6. The average molecular weight is 398 g/mol. The smallest absolute Gasteiger partial charge is 0.259 e. The van der Waals surface area contributed by atoms with Gasteiger partial charge >= 0.3 is 0 Å². The number of nitrogens with two attached hydrogens (primary N) is 1. The van der Waals surface area contributed by atoms with Crippen molar-refractivity contribution in [3.05, 3.63) is 78.4 Å². The van der Waals surface area contributed by atoms with Crippen LogP contribution in [0.1, 0.15) is 10.4 Å². The first kappa shape index (κ1) is 19.4. The number of benzene rings is 3. The number of anilines is 1. The molecule has 0 atom stereocenters. The van der Waals surface area contributed by atoms with Crippen molar-refractivity contribution < 1.29 is 22.7 Å². The molecule has 3 rings (SSSR count). The molecule has 0 heterocycles. The molecule has 3 N–H and O–H groups in total. The molecular weight excluding hydrogens is 380 g/mol. The second-order valence-corrected chi connectivity index (χ2v) is 7.36. The highest BCUT2D eigenvalue weighted by Gasteiger charge is 2.17. The first-order chi connectivity index (χ1) is 13.4. The van der Waals surface area contributed by atoms with Gasteiger partial charge in [-0.15, -0.1) is 0 Å². The van der Waals surface area contributed by atoms with Gasteiger partial charge in [0.25, 0.3) is 5.91 Å². The lowest BCUT2D eigenvalue weighted by atomic mass is 10.2. The molecule has 0 aliphatic carbocycles. The number of carbonyl (C=O) groups is 1. The maximum Gasteiger partial charge on any atom is 0.259 e. The zero-order chi connectivity index (χ0) is 20.1. The first-order valence-electron chi connectivity index (χ1n) is 8.22. The molecule has 0 aliphatic heterocycles. The summed E-state index contributed by atoms with van der Waals surface area (Å²) in [6.45, 7) is 0. The van der Waals surface area contributed by atoms with Gasteiger partial charge in [-0.25, -0.2) is 13.6 Å². The number of primary sulfonamides is 1. The van der Waals surface area contributed by atoms with Gasteiger partial charge in [0.15, 0.2) is 0 Å². The van der Waals surface area contributed by atoms with E-state index in [2.05, 4.69) is 5.32 Å². The van der Waals surface area contributed by atoms with E-state index in [0.29, 0.717) is 17.2 Å². The van der Waals surface area contributed by atoms with Gasteiger partial charge < -0.3 is 14.8 Å². The van der Waals surface area contributed by atoms with E-state index < -0.39 is 15.9 Å². The number of ether oxygens (including phenoxy) is 2. The molecular formula is C20H18N2O5S. The molecule has 0 aromatic heterocycles. The Morgan fingerprint density at radius 1 is 0.929 bits per heavy atom. The first-order valence-corrected chi connectivity index (χ1v) is 9.76. The zero-order valence-corrected chi connectivity index (χ0v) is 15.8. The van der Waals surface area contributed by atoms with Crippen LogP contribution in [0.25, 0.3) is 0 Å². The Bertz CT molecular complexity index is 1080. The fraction of sp³-hybridized carbons (Fsp3) is 0.0500. The van der Waals surface area contributed by atoms with Crippen LogP contribution in [-0.2, 0) is 10.0 Å². The summed E-state index contributed by atoms with van der Waals surface area (Å²) in [5.74, 6) is 1.01. The maximum atomic E-state index is 12.6. The molecule has 1 amide bonds. The molecule has 144 valence electrons. The molecule has 0 saturated carbocycles. The van der Waals surface area contributed by atoms with E-state index in [1.54, 1.807) is 24.3 Å². The predicted molar refractivity (Wildman–Crippen MR) is 105 cm³/mol. The van der Waals surface area contributed by atoms with E-state index in [0.717, 1.165) is 0 Å². The van der Waals surface area contributed by atoms with Gasteiger partial charge in [0, 0.05) is 5.69 Å². The minimum Gasteiger partial charge on any atom is -0.496 e. The van der Waals surface area contributed by atoms with E-state index in [4.69, 9.17) is 14.6 Å². The summed E-state index contributed by atoms with van der Waals surface area (Å²) in [4.78, 5) is 12.4. The third kappa shape index (κ3) is 4.67. The average Bonchev–Trinajstić information content (AvgIpc) is 2.69. The van der Waals surface area contributed by atoms with Gasteiger partial charge in [0.1, 0.15) is 17.2 Å². The molecule has 7 nitrogen and oxygen atoms in total. The number of amides is 1. The minimum atomic E-state index is -3.94. The van der Waals surface area contributed by atoms with Crippen LogP contribution in [0.5, 0.6) is 17.2 Å². The summed E-state index contributed by atoms with van der Waals surface area (Å²) in [7, 11) is -2.56. The van der Waals surface area contributed by atoms with E-state index in [-0.39, 0.29) is 16.2 Å². The molecule has 8 heteroatoms. The molecule has 0 bridgehead atoms. The Labute approximate surface area is 162 Å². The molecule has 0 radical (unpaired) electrons. The number of sulfonamides is 1. The van der Waals surface area contributed by atoms with Crippen molar-refractivity contribution in [2.24, 2.45) is 5.14 Å². The molecule has 28 heavy (non-hydrogen) atoms. The Morgan fingerprint density at radius 2 is 1.57 bits per heavy atom. The highest BCUT2D eigenvalue weighted by atomic mass is 32.2. The van der Waals surface area contributed by atoms with Crippen molar-refractivity contribution in [2.75, 3.05) is 12.4 Å². The second kappa shape index (κ2) is 8.12. The molecule has 0 saturated heterocycles. The predicted octanol–water partition coefficient (Wildman–Crippen LogP) is 3.39. The molecule has 0 unspecified atom stereocenters. The Hall–Kier alpha value is -3.36. The van der Waals surface area contributed by atoms with Gasteiger partial charge in [-0.3, -0.25) is 4.79 Å². The summed E-state index contributed by atoms with van der Waals surface area (Å²) in [6.07, 6.45) is 0. The van der Waals surface area contributed by atoms with Crippen LogP contribution in [0, 0.1) is 0 Å². The molecule has 0 fully saturated rings. The Morgan fingerprint density at radius 3 is 2.18 bits per heavy atom. The third-order valence-electron chi connectivity index (χ3n) is 3.84. The van der Waals surface area contributed by atoms with E-state index in [1.807, 2.05) is 30.3 Å². The quantitative estimate of drug-likeness (QED) is 0.662. The van der Waals surface area contributed by atoms with E-state index in [1.165, 1.54) is 25.3 Å². The second-order valence-electron chi connectivity index (χ2n) is 5.80. The Kier molecular flexibility index (Phi) is 5.62. The number of para-hydroxylation sites is 1. The summed E-state index contributed by atoms with van der Waals surface area (Å²) in [6, 6.07) is 19.9. The van der Waals surface area contributed by atoms with Crippen LogP contribution in [0.15, 0.2) is 77.7 Å². The van der Waals surface area contributed by atoms with Crippen molar-refractivity contribution in [3.63, 3.8) is 0 Å². The Balaban J connectivity index is 1.77. The standard InChI is InChI=1S/C20H18N2O5S/c1-26-19-12-11-17(28(21,24)25)13-18(19)20(23)22-14-7-9-16(10-8-14)27-15-5-3-2-4-6-15/h2-13H,1H3,(H,22,23)(H2,21,24,25). The van der Waals surface area contributed by atoms with E-state index >= 15 is 0 Å². The van der Waals surface area contributed by atoms with Crippen molar-refractivity contribution >= 4 is 21.6 Å². The van der Waals surface area contributed by atoms with Gasteiger partial charge in [-0.05, 0) is 54.6 Å². The zero-order valence-electron chi connectivity index (χ0n) is 15.0. The SMILES string of the molecule is COc1ccc(S(N)(=O)=O)cc1C(=O)Nc1ccc(Oc2ccccc2)cc1. The minimum absolute atomic E-state index is 0.0543. The van der Waals surface area contributed by atoms with Crippen LogP contribution < -0.4 is 19.9 Å². The summed E-state index contributed by atoms with van der Waals surface area (Å²) < 4.78 is 33.9. The number of nitrogens with one attached hydrogen (secondary N) is 1. The molecule has 0 spiro atoms. The number of hydrogen-bond donors (Lipinski definition) is 2. The van der Waals surface area contributed by atoms with Gasteiger partial charge in [0.05, 0.1) is 17.6 Å².